The molecule has 0 saturated heterocycles. The third kappa shape index (κ3) is 4.81. The molecule has 0 bridgehead atoms. The van der Waals surface area contributed by atoms with Gasteiger partial charge in [-0.2, -0.15) is 13.9 Å². The zero-order chi connectivity index (χ0) is 20.3. The van der Waals surface area contributed by atoms with Gasteiger partial charge in [-0.1, -0.05) is 23.5 Å². The Hall–Kier alpha value is -2.60. The molecule has 3 rings (SSSR count). The summed E-state index contributed by atoms with van der Waals surface area (Å²) >= 11 is 1.57. The third-order valence-electron chi connectivity index (χ3n) is 3.54. The number of nitrogens with one attached hydrogen (secondary N) is 1. The maximum atomic E-state index is 12.3. The minimum absolute atomic E-state index is 0.0555. The van der Waals surface area contributed by atoms with Crippen molar-refractivity contribution in [3.63, 3.8) is 0 Å². The van der Waals surface area contributed by atoms with E-state index in [2.05, 4.69) is 20.6 Å². The van der Waals surface area contributed by atoms with Crippen molar-refractivity contribution in [1.29, 1.82) is 0 Å². The number of aryl methyl sites for hydroxylation is 2. The van der Waals surface area contributed by atoms with Crippen molar-refractivity contribution in [3.05, 3.63) is 41.7 Å². The van der Waals surface area contributed by atoms with Crippen LogP contribution in [0.4, 0.5) is 14.5 Å². The van der Waals surface area contributed by atoms with E-state index < -0.39 is 5.76 Å². The normalized spacial score (nSPS) is 11.2. The highest BCUT2D eigenvalue weighted by atomic mass is 32.2. The van der Waals surface area contributed by atoms with Crippen molar-refractivity contribution in [2.75, 3.05) is 16.9 Å². The Balaban J connectivity index is 1.58. The quantitative estimate of drug-likeness (QED) is 0.443. The van der Waals surface area contributed by atoms with E-state index in [1.165, 1.54) is 16.8 Å². The Morgan fingerprint density at radius 1 is 1.25 bits per heavy atom. The third-order valence-corrected chi connectivity index (χ3v) is 5.21. The summed E-state index contributed by atoms with van der Waals surface area (Å²) in [4.78, 5) is 12.5. The number of hydrogen-bond acceptors (Lipinski definition) is 7. The number of alkyl halides is 2. The van der Waals surface area contributed by atoms with Gasteiger partial charge in [0.15, 0.2) is 0 Å². The van der Waals surface area contributed by atoms with E-state index in [0.29, 0.717) is 33.4 Å². The van der Waals surface area contributed by atoms with Crippen LogP contribution in [0, 0.1) is 13.8 Å². The van der Waals surface area contributed by atoms with Gasteiger partial charge in [0.25, 0.3) is 11.7 Å². The molecule has 0 aliphatic carbocycles. The Bertz CT molecular complexity index is 972. The summed E-state index contributed by atoms with van der Waals surface area (Å²) in [5, 5.41) is 15.4. The number of carbonyl (C=O) groups excluding carboxylic acids is 1. The van der Waals surface area contributed by atoms with Crippen molar-refractivity contribution in [3.8, 4) is 5.95 Å². The number of anilines is 1. The molecule has 0 saturated carbocycles. The average molecular weight is 425 g/mol. The first kappa shape index (κ1) is 20.1. The van der Waals surface area contributed by atoms with Crippen LogP contribution in [0.2, 0.25) is 0 Å². The van der Waals surface area contributed by atoms with Crippen molar-refractivity contribution in [2.24, 2.45) is 0 Å². The molecular formula is C16H17F2N7OS2. The number of hydrogen-bond donors (Lipinski definition) is 2. The highest BCUT2D eigenvalue weighted by Gasteiger charge is 2.16. The molecule has 0 spiro atoms. The fourth-order valence-electron chi connectivity index (χ4n) is 2.39. The lowest BCUT2D eigenvalue weighted by Crippen LogP contribution is -2.18. The smallest absolute Gasteiger partial charge is 0.288 e. The maximum Gasteiger partial charge on any atom is 0.288 e. The van der Waals surface area contributed by atoms with E-state index in [1.807, 2.05) is 19.9 Å². The van der Waals surface area contributed by atoms with E-state index in [0.717, 1.165) is 23.1 Å². The minimum Gasteiger partial charge on any atom is -0.334 e. The number of rotatable bonds is 7. The Morgan fingerprint density at radius 3 is 2.57 bits per heavy atom. The molecule has 0 radical (unpaired) electrons. The van der Waals surface area contributed by atoms with Crippen LogP contribution in [0.3, 0.4) is 0 Å². The average Bonchev–Trinajstić information content (AvgIpc) is 3.15. The number of thioether (sulfide) groups is 2. The Morgan fingerprint density at radius 2 is 1.96 bits per heavy atom. The number of nitrogens with zero attached hydrogens (tertiary/aromatic N) is 5. The highest BCUT2D eigenvalue weighted by Crippen LogP contribution is 2.26. The van der Waals surface area contributed by atoms with E-state index in [4.69, 9.17) is 5.84 Å². The van der Waals surface area contributed by atoms with Crippen molar-refractivity contribution in [1.82, 2.24) is 24.7 Å². The zero-order valence-corrected chi connectivity index (χ0v) is 16.6. The van der Waals surface area contributed by atoms with E-state index in [1.54, 1.807) is 16.8 Å². The molecule has 0 atom stereocenters. The lowest BCUT2D eigenvalue weighted by atomic mass is 10.3. The maximum absolute atomic E-state index is 12.3. The van der Waals surface area contributed by atoms with Crippen LogP contribution in [0.1, 0.15) is 11.4 Å². The number of carbonyl (C=O) groups is 1. The fraction of sp³-hybridized carbons (Fsp3) is 0.250. The van der Waals surface area contributed by atoms with Gasteiger partial charge in [-0.25, -0.2) is 9.36 Å². The summed E-state index contributed by atoms with van der Waals surface area (Å²) in [6.07, 6.45) is 0. The van der Waals surface area contributed by atoms with Gasteiger partial charge in [0.1, 0.15) is 0 Å². The summed E-state index contributed by atoms with van der Waals surface area (Å²) in [5.74, 6) is 3.66. The van der Waals surface area contributed by atoms with Crippen molar-refractivity contribution >= 4 is 35.1 Å². The minimum atomic E-state index is -2.48. The number of nitrogen functional groups attached to an aromatic ring is 1. The standard InChI is InChI=1S/C16H17F2N7OS2/c1-9-7-10(2)25(23-9)15-21-22-16(24(15)19)27-8-13(26)20-11-3-5-12(6-4-11)28-14(17)18/h3-7,14H,8,19H2,1-2H3,(H,20,26). The molecule has 12 heteroatoms. The first-order valence-electron chi connectivity index (χ1n) is 8.05. The number of aromatic nitrogens is 5. The first-order valence-corrected chi connectivity index (χ1v) is 9.91. The largest absolute Gasteiger partial charge is 0.334 e. The SMILES string of the molecule is Cc1cc(C)n(-c2nnc(SCC(=O)Nc3ccc(SC(F)F)cc3)n2N)n1. The second-order valence-corrected chi connectivity index (χ2v) is 7.74. The summed E-state index contributed by atoms with van der Waals surface area (Å²) in [5.41, 5.74) is 2.20. The first-order chi connectivity index (χ1) is 13.3. The molecule has 0 aliphatic heterocycles. The molecular weight excluding hydrogens is 408 g/mol. The van der Waals surface area contributed by atoms with Gasteiger partial charge < -0.3 is 11.2 Å². The van der Waals surface area contributed by atoms with Crippen LogP contribution in [0.25, 0.3) is 5.95 Å². The second kappa shape index (κ2) is 8.61. The van der Waals surface area contributed by atoms with Crippen LogP contribution in [0.15, 0.2) is 40.4 Å². The van der Waals surface area contributed by atoms with Gasteiger partial charge in [0, 0.05) is 16.3 Å². The van der Waals surface area contributed by atoms with Gasteiger partial charge >= 0.3 is 0 Å². The summed E-state index contributed by atoms with van der Waals surface area (Å²) in [6, 6.07) is 8.08. The molecule has 3 aromatic rings. The molecule has 2 aromatic heterocycles. The lowest BCUT2D eigenvalue weighted by Gasteiger charge is -2.07. The fourth-order valence-corrected chi connectivity index (χ4v) is 3.54. The number of benzene rings is 1. The van der Waals surface area contributed by atoms with Crippen molar-refractivity contribution in [2.45, 2.75) is 29.7 Å². The molecule has 2 heterocycles. The number of amides is 1. The molecule has 0 fully saturated rings. The van der Waals surface area contributed by atoms with Gasteiger partial charge in [0.2, 0.25) is 11.1 Å². The topological polar surface area (TPSA) is 104 Å². The Kier molecular flexibility index (Phi) is 6.19. The van der Waals surface area contributed by atoms with E-state index in [9.17, 15) is 13.6 Å². The molecule has 148 valence electrons. The molecule has 1 amide bonds. The predicted octanol–water partition coefficient (Wildman–Crippen LogP) is 2.84. The van der Waals surface area contributed by atoms with Crippen LogP contribution >= 0.6 is 23.5 Å². The van der Waals surface area contributed by atoms with Crippen molar-refractivity contribution < 1.29 is 13.6 Å². The van der Waals surface area contributed by atoms with Crippen LogP contribution in [-0.4, -0.2) is 42.1 Å². The molecule has 0 aliphatic rings. The van der Waals surface area contributed by atoms with Gasteiger partial charge in [0.05, 0.1) is 11.4 Å². The summed E-state index contributed by atoms with van der Waals surface area (Å²) in [7, 11) is 0. The predicted molar refractivity (Wildman–Crippen MR) is 104 cm³/mol. The van der Waals surface area contributed by atoms with E-state index in [-0.39, 0.29) is 11.7 Å². The van der Waals surface area contributed by atoms with Gasteiger partial charge in [-0.3, -0.25) is 4.79 Å². The molecule has 3 N–H and O–H groups in total. The summed E-state index contributed by atoms with van der Waals surface area (Å²) < 4.78 is 27.5. The molecule has 1 aromatic carbocycles. The lowest BCUT2D eigenvalue weighted by molar-refractivity contribution is -0.113. The van der Waals surface area contributed by atoms with E-state index >= 15 is 0 Å². The van der Waals surface area contributed by atoms with Crippen LogP contribution < -0.4 is 11.2 Å². The molecule has 28 heavy (non-hydrogen) atoms. The summed E-state index contributed by atoms with van der Waals surface area (Å²) in [6.45, 7) is 3.74. The number of nitrogens with two attached hydrogens (primary N) is 1. The van der Waals surface area contributed by atoms with Crippen LogP contribution in [-0.2, 0) is 4.79 Å². The number of halogens is 2. The monoisotopic (exact) mass is 425 g/mol. The molecule has 8 nitrogen and oxygen atoms in total. The van der Waals surface area contributed by atoms with Gasteiger partial charge in [-0.05, 0) is 44.2 Å². The molecule has 0 unspecified atom stereocenters. The Labute approximate surface area is 167 Å². The highest BCUT2D eigenvalue weighted by molar-refractivity contribution is 8.00. The van der Waals surface area contributed by atoms with Gasteiger partial charge in [-0.15, -0.1) is 10.2 Å². The second-order valence-electron chi connectivity index (χ2n) is 5.73. The van der Waals surface area contributed by atoms with Crippen LogP contribution in [0.5, 0.6) is 0 Å². The zero-order valence-electron chi connectivity index (χ0n) is 15.0.